The van der Waals surface area contributed by atoms with E-state index in [2.05, 4.69) is 0 Å². The van der Waals surface area contributed by atoms with E-state index in [1.165, 1.54) is 0 Å². The van der Waals surface area contributed by atoms with E-state index in [0.717, 1.165) is 0 Å². The molecule has 0 aromatic heterocycles. The predicted octanol–water partition coefficient (Wildman–Crippen LogP) is -7.14. The molecule has 0 rings (SSSR count). The van der Waals surface area contributed by atoms with Crippen molar-refractivity contribution in [3.8, 4) is 0 Å². The molecule has 0 aliphatic carbocycles. The van der Waals surface area contributed by atoms with Gasteiger partial charge >= 0.3 is 17.1 Å². The van der Waals surface area contributed by atoms with Gasteiger partial charge in [0.25, 0.3) is 0 Å². The van der Waals surface area contributed by atoms with Gasteiger partial charge in [0, 0.05) is 0 Å². The Hall–Kier alpha value is 0.859. The van der Waals surface area contributed by atoms with Gasteiger partial charge in [0.05, 0.1) is 21.6 Å². The molecular formula is Cl2MnO6. The van der Waals surface area contributed by atoms with Crippen molar-refractivity contribution in [1.29, 1.82) is 0 Å². The minimum atomic E-state index is -2.85. The fourth-order valence-corrected chi connectivity index (χ4v) is 0. The third-order valence-corrected chi connectivity index (χ3v) is 0. The van der Waals surface area contributed by atoms with Crippen LogP contribution in [0.5, 0.6) is 0 Å². The van der Waals surface area contributed by atoms with Crippen LogP contribution in [0, 0.1) is 21.6 Å². The summed E-state index contributed by atoms with van der Waals surface area (Å²) in [6, 6.07) is 0. The molecule has 0 heterocycles. The van der Waals surface area contributed by atoms with Gasteiger partial charge in [-0.3, -0.25) is 0 Å². The molecule has 0 aromatic rings. The smallest absolute Gasteiger partial charge is 0.357 e. The largest absolute Gasteiger partial charge is 2.00 e. The first kappa shape index (κ1) is 16.4. The Kier molecular flexibility index (Phi) is 21.3. The number of rotatable bonds is 0. The van der Waals surface area contributed by atoms with Crippen molar-refractivity contribution in [2.45, 2.75) is 0 Å². The van der Waals surface area contributed by atoms with Gasteiger partial charge < -0.3 is 28.0 Å². The van der Waals surface area contributed by atoms with Gasteiger partial charge in [0.15, 0.2) is 0 Å². The molecule has 9 heteroatoms. The van der Waals surface area contributed by atoms with Crippen molar-refractivity contribution in [2.24, 2.45) is 0 Å². The molecular weight excluding hydrogens is 222 g/mol. The van der Waals surface area contributed by atoms with E-state index in [9.17, 15) is 0 Å². The van der Waals surface area contributed by atoms with Gasteiger partial charge in [0.1, 0.15) is 0 Å². The molecule has 0 aliphatic rings. The second-order valence-electron chi connectivity index (χ2n) is 0.378. The summed E-state index contributed by atoms with van der Waals surface area (Å²) in [6.07, 6.45) is 0. The minimum Gasteiger partial charge on any atom is -0.357 e. The molecule has 0 spiro atoms. The van der Waals surface area contributed by atoms with Crippen LogP contribution in [0.1, 0.15) is 0 Å². The molecule has 0 N–H and O–H groups in total. The molecule has 0 amide bonds. The van der Waals surface area contributed by atoms with Crippen LogP contribution in [0.2, 0.25) is 0 Å². The van der Waals surface area contributed by atoms with E-state index >= 15 is 0 Å². The van der Waals surface area contributed by atoms with Crippen LogP contribution in [0.4, 0.5) is 0 Å². The first-order valence-electron chi connectivity index (χ1n) is 0.926. The predicted molar refractivity (Wildman–Crippen MR) is 0 cm³/mol. The monoisotopic (exact) mass is 221 g/mol. The van der Waals surface area contributed by atoms with Gasteiger partial charge in [-0.1, -0.05) is 0 Å². The average Bonchev–Trinajstić information content (AvgIpc) is 1.25. The van der Waals surface area contributed by atoms with Crippen LogP contribution in [-0.2, 0) is 17.1 Å². The van der Waals surface area contributed by atoms with Crippen LogP contribution < -0.4 is 28.0 Å². The minimum absolute atomic E-state index is 0. The van der Waals surface area contributed by atoms with Crippen molar-refractivity contribution < 1.29 is 66.6 Å². The summed E-state index contributed by atoms with van der Waals surface area (Å²) in [7, 11) is -5.70. The summed E-state index contributed by atoms with van der Waals surface area (Å²) in [5.74, 6) is 0. The van der Waals surface area contributed by atoms with Crippen molar-refractivity contribution in [2.75, 3.05) is 0 Å². The molecule has 0 saturated heterocycles. The summed E-state index contributed by atoms with van der Waals surface area (Å²) in [5, 5.41) is 0. The fraction of sp³-hybridized carbons (Fsp3) is 0. The normalized spacial score (nSPS) is 8.00. The van der Waals surface area contributed by atoms with Gasteiger partial charge in [-0.25, -0.2) is 0 Å². The molecule has 0 atom stereocenters. The van der Waals surface area contributed by atoms with E-state index < -0.39 is 21.6 Å². The van der Waals surface area contributed by atoms with Crippen molar-refractivity contribution in [3.05, 3.63) is 0 Å². The van der Waals surface area contributed by atoms with Crippen LogP contribution >= 0.6 is 0 Å². The molecule has 0 unspecified atom stereocenters. The maximum absolute atomic E-state index is 8.41. The standard InChI is InChI=1S/2ClO3.Mn/c2*2-1(3)4;/q2*-1;+2. The van der Waals surface area contributed by atoms with Crippen LogP contribution in [0.25, 0.3) is 0 Å². The Balaban J connectivity index is -0.0000000720. The van der Waals surface area contributed by atoms with Gasteiger partial charge in [-0.15, -0.1) is 0 Å². The summed E-state index contributed by atoms with van der Waals surface area (Å²) in [6.45, 7) is 0. The van der Waals surface area contributed by atoms with Crippen LogP contribution in [0.3, 0.4) is 0 Å². The molecule has 6 nitrogen and oxygen atoms in total. The van der Waals surface area contributed by atoms with Crippen molar-refractivity contribution >= 4 is 0 Å². The second kappa shape index (κ2) is 11.6. The number of halogens is 2. The van der Waals surface area contributed by atoms with Crippen LogP contribution in [0.15, 0.2) is 0 Å². The Morgan fingerprint density at radius 3 is 0.556 bits per heavy atom. The number of hydrogen-bond donors (Lipinski definition) is 0. The van der Waals surface area contributed by atoms with Gasteiger partial charge in [0.2, 0.25) is 0 Å². The van der Waals surface area contributed by atoms with Crippen molar-refractivity contribution in [1.82, 2.24) is 0 Å². The Bertz CT molecular complexity index is 26.5. The molecule has 1 radical (unpaired) electrons. The Morgan fingerprint density at radius 2 is 0.556 bits per heavy atom. The second-order valence-corrected chi connectivity index (χ2v) is 1.13. The topological polar surface area (TPSA) is 138 Å². The van der Waals surface area contributed by atoms with Crippen LogP contribution in [-0.4, -0.2) is 0 Å². The first-order chi connectivity index (χ1) is 3.46. The van der Waals surface area contributed by atoms with E-state index in [1.54, 1.807) is 0 Å². The molecule has 0 fully saturated rings. The number of hydrogen-bond acceptors (Lipinski definition) is 6. The SMILES string of the molecule is [Mn+2].[O-][Cl+2]([O-])[O-].[O-][Cl+2]([O-])[O-]. The zero-order valence-corrected chi connectivity index (χ0v) is 6.28. The zero-order valence-electron chi connectivity index (χ0n) is 3.58. The maximum Gasteiger partial charge on any atom is 2.00 e. The van der Waals surface area contributed by atoms with Crippen molar-refractivity contribution in [3.63, 3.8) is 0 Å². The third kappa shape index (κ3) is 564. The van der Waals surface area contributed by atoms with Gasteiger partial charge in [-0.2, -0.15) is 0 Å². The Morgan fingerprint density at radius 1 is 0.556 bits per heavy atom. The average molecular weight is 222 g/mol. The van der Waals surface area contributed by atoms with E-state index in [4.69, 9.17) is 28.0 Å². The van der Waals surface area contributed by atoms with E-state index in [0.29, 0.717) is 0 Å². The Labute approximate surface area is 67.0 Å². The first-order valence-corrected chi connectivity index (χ1v) is 2.78. The molecule has 0 saturated carbocycles. The molecule has 0 aliphatic heterocycles. The summed E-state index contributed by atoms with van der Waals surface area (Å²) in [4.78, 5) is 0. The fourth-order valence-electron chi connectivity index (χ4n) is 0. The molecule has 57 valence electrons. The summed E-state index contributed by atoms with van der Waals surface area (Å²) >= 11 is 0. The van der Waals surface area contributed by atoms with E-state index in [-0.39, 0.29) is 17.1 Å². The third-order valence-electron chi connectivity index (χ3n) is 0. The summed E-state index contributed by atoms with van der Waals surface area (Å²) < 4.78 is 50.4. The summed E-state index contributed by atoms with van der Waals surface area (Å²) in [5.41, 5.74) is 0. The van der Waals surface area contributed by atoms with E-state index in [1.807, 2.05) is 0 Å². The van der Waals surface area contributed by atoms with Gasteiger partial charge in [-0.05, 0) is 0 Å². The maximum atomic E-state index is 8.41. The molecule has 0 aromatic carbocycles. The quantitative estimate of drug-likeness (QED) is 0.373. The zero-order chi connectivity index (χ0) is 7.15. The molecule has 9 heavy (non-hydrogen) atoms. The molecule has 0 bridgehead atoms.